The number of thiophene rings is 1. The standard InChI is InChI=1S/C16H17ClO2S/c1-10(2)12-6-11(3)7-13(8-12)19-9-14(18)15-4-5-16(17)20-15/h4-8,10H,9H2,1-3H3. The SMILES string of the molecule is Cc1cc(OCC(=O)c2ccc(Cl)s2)cc(C(C)C)c1. The predicted molar refractivity (Wildman–Crippen MR) is 84.4 cm³/mol. The third-order valence-electron chi connectivity index (χ3n) is 2.96. The van der Waals surface area contributed by atoms with Crippen LogP contribution >= 0.6 is 22.9 Å². The lowest BCUT2D eigenvalue weighted by Crippen LogP contribution is -2.10. The third kappa shape index (κ3) is 3.84. The molecule has 0 N–H and O–H groups in total. The summed E-state index contributed by atoms with van der Waals surface area (Å²) in [6, 6.07) is 9.53. The Morgan fingerprint density at radius 1 is 1.30 bits per heavy atom. The summed E-state index contributed by atoms with van der Waals surface area (Å²) in [5.74, 6) is 1.13. The molecule has 0 saturated carbocycles. The number of carbonyl (C=O) groups excluding carboxylic acids is 1. The van der Waals surface area contributed by atoms with Crippen molar-refractivity contribution in [3.63, 3.8) is 0 Å². The van der Waals surface area contributed by atoms with E-state index in [4.69, 9.17) is 16.3 Å². The van der Waals surface area contributed by atoms with E-state index in [9.17, 15) is 4.79 Å². The van der Waals surface area contributed by atoms with Crippen LogP contribution in [0.4, 0.5) is 0 Å². The van der Waals surface area contributed by atoms with Crippen molar-refractivity contribution < 1.29 is 9.53 Å². The average Bonchev–Trinajstić information content (AvgIpc) is 2.82. The first-order valence-electron chi connectivity index (χ1n) is 6.48. The number of benzene rings is 1. The highest BCUT2D eigenvalue weighted by atomic mass is 35.5. The van der Waals surface area contributed by atoms with Gasteiger partial charge in [0.15, 0.2) is 6.61 Å². The zero-order valence-electron chi connectivity index (χ0n) is 11.8. The molecule has 0 aliphatic rings. The van der Waals surface area contributed by atoms with Gasteiger partial charge in [0.05, 0.1) is 9.21 Å². The molecule has 0 aliphatic heterocycles. The van der Waals surface area contributed by atoms with E-state index in [1.165, 1.54) is 16.9 Å². The van der Waals surface area contributed by atoms with Crippen LogP contribution < -0.4 is 4.74 Å². The molecule has 0 atom stereocenters. The van der Waals surface area contributed by atoms with Gasteiger partial charge in [0.2, 0.25) is 5.78 Å². The van der Waals surface area contributed by atoms with Crippen LogP contribution in [0.1, 0.15) is 40.6 Å². The van der Waals surface area contributed by atoms with Gasteiger partial charge < -0.3 is 4.74 Å². The number of hydrogen-bond donors (Lipinski definition) is 0. The first-order valence-corrected chi connectivity index (χ1v) is 7.68. The van der Waals surface area contributed by atoms with Crippen molar-refractivity contribution in [1.82, 2.24) is 0 Å². The van der Waals surface area contributed by atoms with E-state index < -0.39 is 0 Å². The quantitative estimate of drug-likeness (QED) is 0.719. The summed E-state index contributed by atoms with van der Waals surface area (Å²) in [6.07, 6.45) is 0. The second-order valence-corrected chi connectivity index (χ2v) is 6.76. The maximum atomic E-state index is 12.0. The molecular formula is C16H17ClO2S. The molecule has 0 amide bonds. The zero-order valence-corrected chi connectivity index (χ0v) is 13.3. The molecule has 0 unspecified atom stereocenters. The Hall–Kier alpha value is -1.32. The van der Waals surface area contributed by atoms with Crippen molar-refractivity contribution in [2.45, 2.75) is 26.7 Å². The lowest BCUT2D eigenvalue weighted by Gasteiger charge is -2.11. The highest BCUT2D eigenvalue weighted by Gasteiger charge is 2.10. The number of halogens is 1. The van der Waals surface area contributed by atoms with Crippen molar-refractivity contribution in [3.05, 3.63) is 50.7 Å². The molecule has 0 radical (unpaired) electrons. The monoisotopic (exact) mass is 308 g/mol. The Morgan fingerprint density at radius 2 is 2.05 bits per heavy atom. The lowest BCUT2D eigenvalue weighted by molar-refractivity contribution is 0.0925. The molecule has 4 heteroatoms. The Labute approximate surface area is 128 Å². The predicted octanol–water partition coefficient (Wildman–Crippen LogP) is 5.10. The molecule has 1 heterocycles. The Bertz CT molecular complexity index is 617. The minimum absolute atomic E-state index is 0.0395. The van der Waals surface area contributed by atoms with Gasteiger partial charge in [0.25, 0.3) is 0 Å². The highest BCUT2D eigenvalue weighted by molar-refractivity contribution is 7.18. The fourth-order valence-electron chi connectivity index (χ4n) is 1.88. The Balaban J connectivity index is 2.05. The first kappa shape index (κ1) is 15.1. The molecule has 20 heavy (non-hydrogen) atoms. The number of Topliss-reactive ketones (excluding diaryl/α,β-unsaturated/α-hetero) is 1. The number of ketones is 1. The van der Waals surface area contributed by atoms with Crippen LogP contribution in [0.5, 0.6) is 5.75 Å². The molecule has 2 aromatic rings. The van der Waals surface area contributed by atoms with E-state index in [2.05, 4.69) is 19.9 Å². The maximum Gasteiger partial charge on any atom is 0.210 e. The smallest absolute Gasteiger partial charge is 0.210 e. The van der Waals surface area contributed by atoms with E-state index in [1.807, 2.05) is 19.1 Å². The first-order chi connectivity index (χ1) is 9.45. The summed E-state index contributed by atoms with van der Waals surface area (Å²) < 4.78 is 6.23. The van der Waals surface area contributed by atoms with Gasteiger partial charge in [-0.3, -0.25) is 4.79 Å². The van der Waals surface area contributed by atoms with Crippen molar-refractivity contribution >= 4 is 28.7 Å². The fraction of sp³-hybridized carbons (Fsp3) is 0.312. The average molecular weight is 309 g/mol. The number of carbonyl (C=O) groups is 1. The van der Waals surface area contributed by atoms with E-state index in [-0.39, 0.29) is 12.4 Å². The molecule has 0 bridgehead atoms. The van der Waals surface area contributed by atoms with Crippen molar-refractivity contribution in [3.8, 4) is 5.75 Å². The maximum absolute atomic E-state index is 12.0. The van der Waals surface area contributed by atoms with Gasteiger partial charge in [0.1, 0.15) is 5.75 Å². The van der Waals surface area contributed by atoms with Gasteiger partial charge in [-0.25, -0.2) is 0 Å². The molecule has 0 fully saturated rings. The fourth-order valence-corrected chi connectivity index (χ4v) is 2.84. The minimum atomic E-state index is -0.0468. The Kier molecular flexibility index (Phi) is 4.84. The number of hydrogen-bond acceptors (Lipinski definition) is 3. The summed E-state index contributed by atoms with van der Waals surface area (Å²) in [5.41, 5.74) is 2.35. The van der Waals surface area contributed by atoms with Gasteiger partial charge in [0, 0.05) is 0 Å². The van der Waals surface area contributed by atoms with Crippen LogP contribution in [0.2, 0.25) is 4.34 Å². The van der Waals surface area contributed by atoms with Crippen LogP contribution in [0.15, 0.2) is 30.3 Å². The molecule has 0 spiro atoms. The molecule has 2 nitrogen and oxygen atoms in total. The number of rotatable bonds is 5. The van der Waals surface area contributed by atoms with Gasteiger partial charge >= 0.3 is 0 Å². The van der Waals surface area contributed by atoms with E-state index in [0.29, 0.717) is 15.1 Å². The molecule has 1 aromatic carbocycles. The van der Waals surface area contributed by atoms with Crippen LogP contribution in [0.25, 0.3) is 0 Å². The van der Waals surface area contributed by atoms with Crippen LogP contribution in [0.3, 0.4) is 0 Å². The van der Waals surface area contributed by atoms with Gasteiger partial charge in [-0.2, -0.15) is 0 Å². The number of aryl methyl sites for hydroxylation is 1. The van der Waals surface area contributed by atoms with Crippen molar-refractivity contribution in [2.24, 2.45) is 0 Å². The van der Waals surface area contributed by atoms with Gasteiger partial charge in [-0.05, 0) is 48.2 Å². The largest absolute Gasteiger partial charge is 0.485 e. The summed E-state index contributed by atoms with van der Waals surface area (Å²) >= 11 is 7.10. The minimum Gasteiger partial charge on any atom is -0.485 e. The molecule has 1 aromatic heterocycles. The van der Waals surface area contributed by atoms with E-state index >= 15 is 0 Å². The van der Waals surface area contributed by atoms with Gasteiger partial charge in [-0.1, -0.05) is 31.5 Å². The summed E-state index contributed by atoms with van der Waals surface area (Å²) in [4.78, 5) is 12.6. The van der Waals surface area contributed by atoms with Crippen LogP contribution in [0, 0.1) is 6.92 Å². The second kappa shape index (κ2) is 6.42. The molecule has 2 rings (SSSR count). The summed E-state index contributed by atoms with van der Waals surface area (Å²) in [5, 5.41) is 0. The second-order valence-electron chi connectivity index (χ2n) is 5.05. The van der Waals surface area contributed by atoms with Gasteiger partial charge in [-0.15, -0.1) is 11.3 Å². The normalized spacial score (nSPS) is 10.8. The highest BCUT2D eigenvalue weighted by Crippen LogP contribution is 2.24. The molecule has 0 aliphatic carbocycles. The summed E-state index contributed by atoms with van der Waals surface area (Å²) in [6.45, 7) is 6.34. The van der Waals surface area contributed by atoms with Crippen molar-refractivity contribution in [2.75, 3.05) is 6.61 Å². The Morgan fingerprint density at radius 3 is 2.65 bits per heavy atom. The van der Waals surface area contributed by atoms with E-state index in [0.717, 1.165) is 11.3 Å². The molecule has 106 valence electrons. The zero-order chi connectivity index (χ0) is 14.7. The lowest BCUT2D eigenvalue weighted by atomic mass is 10.0. The summed E-state index contributed by atoms with van der Waals surface area (Å²) in [7, 11) is 0. The number of ether oxygens (including phenoxy) is 1. The topological polar surface area (TPSA) is 26.3 Å². The van der Waals surface area contributed by atoms with Crippen molar-refractivity contribution in [1.29, 1.82) is 0 Å². The molecule has 0 saturated heterocycles. The third-order valence-corrected chi connectivity index (χ3v) is 4.23. The van der Waals surface area contributed by atoms with Crippen LogP contribution in [-0.4, -0.2) is 12.4 Å². The molecular weight excluding hydrogens is 292 g/mol. The van der Waals surface area contributed by atoms with E-state index in [1.54, 1.807) is 12.1 Å². The van der Waals surface area contributed by atoms with Crippen LogP contribution in [-0.2, 0) is 0 Å².